The number of carbonyl (C=O) groups is 1. The summed E-state index contributed by atoms with van der Waals surface area (Å²) in [7, 11) is 0. The molecule has 4 heteroatoms. The summed E-state index contributed by atoms with van der Waals surface area (Å²) < 4.78 is 5.30. The Balaban J connectivity index is 2.27. The van der Waals surface area contributed by atoms with Gasteiger partial charge in [-0.15, -0.1) is 0 Å². The summed E-state index contributed by atoms with van der Waals surface area (Å²) in [6.45, 7) is 4.90. The first-order valence-electron chi connectivity index (χ1n) is 6.01. The highest BCUT2D eigenvalue weighted by Crippen LogP contribution is 2.11. The fourth-order valence-corrected chi connectivity index (χ4v) is 1.33. The van der Waals surface area contributed by atoms with E-state index in [9.17, 15) is 4.79 Å². The number of rotatable bonds is 6. The maximum atomic E-state index is 11.4. The highest BCUT2D eigenvalue weighted by molar-refractivity contribution is 5.77. The van der Waals surface area contributed by atoms with Gasteiger partial charge in [0.1, 0.15) is 5.75 Å². The second-order valence-electron chi connectivity index (χ2n) is 4.46. The summed E-state index contributed by atoms with van der Waals surface area (Å²) in [5.74, 6) is 1.04. The molecule has 1 aromatic carbocycles. The maximum absolute atomic E-state index is 11.4. The molecule has 0 radical (unpaired) electrons. The van der Waals surface area contributed by atoms with Gasteiger partial charge < -0.3 is 10.1 Å². The second-order valence-corrected chi connectivity index (χ2v) is 4.46. The molecule has 1 N–H and O–H groups in total. The minimum atomic E-state index is -0.125. The summed E-state index contributed by atoms with van der Waals surface area (Å²) in [4.78, 5) is 11.4. The van der Waals surface area contributed by atoms with Crippen molar-refractivity contribution in [3.05, 3.63) is 29.8 Å². The van der Waals surface area contributed by atoms with E-state index in [1.807, 2.05) is 6.07 Å². The molecule has 0 aliphatic heterocycles. The standard InChI is InChI=1S/C14H18N2O2/c1-11(2)7-8-16-14(17)10-18-13-5-3-12(9-15)4-6-13/h3-6,11H,7-8,10H2,1-2H3,(H,16,17). The van der Waals surface area contributed by atoms with Gasteiger partial charge in [0.25, 0.3) is 5.91 Å². The van der Waals surface area contributed by atoms with Crippen LogP contribution in [0.1, 0.15) is 25.8 Å². The number of ether oxygens (including phenoxy) is 1. The highest BCUT2D eigenvalue weighted by atomic mass is 16.5. The lowest BCUT2D eigenvalue weighted by Crippen LogP contribution is -2.30. The van der Waals surface area contributed by atoms with Gasteiger partial charge >= 0.3 is 0 Å². The average molecular weight is 246 g/mol. The molecular weight excluding hydrogens is 228 g/mol. The second kappa shape index (κ2) is 7.33. The lowest BCUT2D eigenvalue weighted by Gasteiger charge is -2.08. The molecule has 0 unspecified atom stereocenters. The van der Waals surface area contributed by atoms with Gasteiger partial charge in [-0.25, -0.2) is 0 Å². The van der Waals surface area contributed by atoms with Crippen molar-refractivity contribution < 1.29 is 9.53 Å². The van der Waals surface area contributed by atoms with Gasteiger partial charge in [0.2, 0.25) is 0 Å². The number of hydrogen-bond acceptors (Lipinski definition) is 3. The first-order chi connectivity index (χ1) is 8.61. The van der Waals surface area contributed by atoms with Gasteiger partial charge in [-0.1, -0.05) is 13.8 Å². The number of nitrogens with zero attached hydrogens (tertiary/aromatic N) is 1. The van der Waals surface area contributed by atoms with Crippen molar-refractivity contribution in [3.63, 3.8) is 0 Å². The Morgan fingerprint density at radius 2 is 2.06 bits per heavy atom. The Labute approximate surface area is 108 Å². The zero-order valence-corrected chi connectivity index (χ0v) is 10.8. The smallest absolute Gasteiger partial charge is 0.257 e. The van der Waals surface area contributed by atoms with Crippen LogP contribution in [0, 0.1) is 17.2 Å². The van der Waals surface area contributed by atoms with Crippen LogP contribution in [0.25, 0.3) is 0 Å². The summed E-state index contributed by atoms with van der Waals surface area (Å²) in [6, 6.07) is 8.70. The third-order valence-corrected chi connectivity index (χ3v) is 2.40. The molecule has 96 valence electrons. The Morgan fingerprint density at radius 3 is 2.61 bits per heavy atom. The van der Waals surface area contributed by atoms with Crippen LogP contribution in [0.4, 0.5) is 0 Å². The fourth-order valence-electron chi connectivity index (χ4n) is 1.33. The molecule has 0 aliphatic rings. The van der Waals surface area contributed by atoms with Gasteiger partial charge in [0, 0.05) is 6.54 Å². The summed E-state index contributed by atoms with van der Waals surface area (Å²) in [6.07, 6.45) is 0.961. The molecule has 1 amide bonds. The minimum Gasteiger partial charge on any atom is -0.484 e. The predicted octanol–water partition coefficient (Wildman–Crippen LogP) is 2.10. The van der Waals surface area contributed by atoms with Crippen molar-refractivity contribution in [2.24, 2.45) is 5.92 Å². The lowest BCUT2D eigenvalue weighted by atomic mass is 10.1. The lowest BCUT2D eigenvalue weighted by molar-refractivity contribution is -0.123. The molecule has 0 saturated carbocycles. The molecule has 0 aromatic heterocycles. The topological polar surface area (TPSA) is 62.1 Å². The third kappa shape index (κ3) is 5.35. The summed E-state index contributed by atoms with van der Waals surface area (Å²) in [5, 5.41) is 11.4. The highest BCUT2D eigenvalue weighted by Gasteiger charge is 2.03. The van der Waals surface area contributed by atoms with Gasteiger partial charge in [-0.2, -0.15) is 5.26 Å². The molecule has 0 saturated heterocycles. The van der Waals surface area contributed by atoms with Gasteiger partial charge in [-0.05, 0) is 36.6 Å². The van der Waals surface area contributed by atoms with Crippen LogP contribution in [-0.4, -0.2) is 19.1 Å². The van der Waals surface area contributed by atoms with E-state index in [2.05, 4.69) is 19.2 Å². The molecule has 0 bridgehead atoms. The van der Waals surface area contributed by atoms with E-state index < -0.39 is 0 Å². The van der Waals surface area contributed by atoms with E-state index >= 15 is 0 Å². The van der Waals surface area contributed by atoms with Crippen LogP contribution in [0.15, 0.2) is 24.3 Å². The van der Waals surface area contributed by atoms with Crippen LogP contribution < -0.4 is 10.1 Å². The van der Waals surface area contributed by atoms with Gasteiger partial charge in [0.15, 0.2) is 6.61 Å². The molecule has 0 fully saturated rings. The van der Waals surface area contributed by atoms with Crippen molar-refractivity contribution in [1.82, 2.24) is 5.32 Å². The van der Waals surface area contributed by atoms with E-state index in [0.29, 0.717) is 23.8 Å². The van der Waals surface area contributed by atoms with E-state index in [0.717, 1.165) is 6.42 Å². The predicted molar refractivity (Wildman–Crippen MR) is 69.1 cm³/mol. The van der Waals surface area contributed by atoms with Crippen LogP contribution in [0.3, 0.4) is 0 Å². The first kappa shape index (κ1) is 14.0. The third-order valence-electron chi connectivity index (χ3n) is 2.40. The normalized spacial score (nSPS) is 9.89. The van der Waals surface area contributed by atoms with Crippen LogP contribution >= 0.6 is 0 Å². The quantitative estimate of drug-likeness (QED) is 0.836. The number of hydrogen-bond donors (Lipinski definition) is 1. The molecule has 1 rings (SSSR count). The fraction of sp³-hybridized carbons (Fsp3) is 0.429. The molecule has 0 heterocycles. The average Bonchev–Trinajstić information content (AvgIpc) is 2.36. The van der Waals surface area contributed by atoms with Crippen molar-refractivity contribution >= 4 is 5.91 Å². The summed E-state index contributed by atoms with van der Waals surface area (Å²) >= 11 is 0. The Hall–Kier alpha value is -2.02. The van der Waals surface area contributed by atoms with E-state index in [4.69, 9.17) is 10.00 Å². The molecule has 0 aliphatic carbocycles. The van der Waals surface area contributed by atoms with E-state index in [1.165, 1.54) is 0 Å². The number of amides is 1. The monoisotopic (exact) mass is 246 g/mol. The van der Waals surface area contributed by atoms with Crippen LogP contribution in [0.2, 0.25) is 0 Å². The minimum absolute atomic E-state index is 0.00396. The number of nitrogens with one attached hydrogen (secondary N) is 1. The first-order valence-corrected chi connectivity index (χ1v) is 6.01. The molecule has 0 atom stereocenters. The summed E-state index contributed by atoms with van der Waals surface area (Å²) in [5.41, 5.74) is 0.573. The van der Waals surface area contributed by atoms with Crippen molar-refractivity contribution in [2.75, 3.05) is 13.2 Å². The van der Waals surface area contributed by atoms with Crippen molar-refractivity contribution in [2.45, 2.75) is 20.3 Å². The SMILES string of the molecule is CC(C)CCNC(=O)COc1ccc(C#N)cc1. The molecule has 4 nitrogen and oxygen atoms in total. The Bertz CT molecular complexity index is 418. The number of benzene rings is 1. The number of nitriles is 1. The molecular formula is C14H18N2O2. The molecule has 1 aromatic rings. The Morgan fingerprint density at radius 1 is 1.39 bits per heavy atom. The number of carbonyl (C=O) groups excluding carboxylic acids is 1. The molecule has 0 spiro atoms. The maximum Gasteiger partial charge on any atom is 0.257 e. The Kier molecular flexibility index (Phi) is 5.72. The van der Waals surface area contributed by atoms with Crippen LogP contribution in [-0.2, 0) is 4.79 Å². The van der Waals surface area contributed by atoms with E-state index in [1.54, 1.807) is 24.3 Å². The van der Waals surface area contributed by atoms with Crippen molar-refractivity contribution in [3.8, 4) is 11.8 Å². The largest absolute Gasteiger partial charge is 0.484 e. The van der Waals surface area contributed by atoms with Crippen molar-refractivity contribution in [1.29, 1.82) is 5.26 Å². The molecule has 18 heavy (non-hydrogen) atoms. The van der Waals surface area contributed by atoms with Gasteiger partial charge in [0.05, 0.1) is 11.6 Å². The van der Waals surface area contributed by atoms with E-state index in [-0.39, 0.29) is 12.5 Å². The van der Waals surface area contributed by atoms with Crippen LogP contribution in [0.5, 0.6) is 5.75 Å². The zero-order chi connectivity index (χ0) is 13.4. The zero-order valence-electron chi connectivity index (χ0n) is 10.8. The van der Waals surface area contributed by atoms with Gasteiger partial charge in [-0.3, -0.25) is 4.79 Å².